The molecule has 0 aliphatic carbocycles. The van der Waals surface area contributed by atoms with Crippen LogP contribution in [0.5, 0.6) is 0 Å². The van der Waals surface area contributed by atoms with Crippen molar-refractivity contribution in [3.05, 3.63) is 28.7 Å². The number of rotatable bonds is 11. The van der Waals surface area contributed by atoms with Gasteiger partial charge in [-0.2, -0.15) is 5.10 Å². The molecule has 7 heteroatoms. The summed E-state index contributed by atoms with van der Waals surface area (Å²) >= 11 is 1.70. The number of imidazole rings is 1. The number of thiazole rings is 1. The maximum Gasteiger partial charge on any atom is 0.183 e. The molecular formula is C23H35N5OS. The summed E-state index contributed by atoms with van der Waals surface area (Å²) in [7, 11) is 1.75. The highest BCUT2D eigenvalue weighted by atomic mass is 32.1. The third kappa shape index (κ3) is 4.83. The van der Waals surface area contributed by atoms with Crippen molar-refractivity contribution in [2.75, 3.05) is 25.6 Å². The first-order valence-corrected chi connectivity index (χ1v) is 11.9. The normalized spacial score (nSPS) is 11.7. The van der Waals surface area contributed by atoms with Crippen LogP contribution in [0.15, 0.2) is 6.07 Å². The average Bonchev–Trinajstić information content (AvgIpc) is 3.23. The molecule has 0 atom stereocenters. The molecule has 0 aromatic carbocycles. The number of aryl methyl sites for hydroxylation is 3. The molecule has 0 radical (unpaired) electrons. The van der Waals surface area contributed by atoms with Gasteiger partial charge in [-0.1, -0.05) is 25.2 Å². The predicted octanol–water partition coefficient (Wildman–Crippen LogP) is 5.91. The molecule has 0 aliphatic heterocycles. The first-order chi connectivity index (χ1) is 14.5. The fourth-order valence-corrected chi connectivity index (χ4v) is 5.08. The highest BCUT2D eigenvalue weighted by molar-refractivity contribution is 7.19. The van der Waals surface area contributed by atoms with E-state index in [2.05, 4.69) is 46.0 Å². The minimum absolute atomic E-state index is 0.502. The molecule has 3 aromatic rings. The number of anilines is 1. The molecule has 3 rings (SSSR count). The van der Waals surface area contributed by atoms with Crippen molar-refractivity contribution in [2.24, 2.45) is 0 Å². The van der Waals surface area contributed by atoms with E-state index < -0.39 is 0 Å². The van der Waals surface area contributed by atoms with Gasteiger partial charge in [-0.05, 0) is 64.9 Å². The summed E-state index contributed by atoms with van der Waals surface area (Å²) in [6, 6.07) is 2.21. The van der Waals surface area contributed by atoms with Gasteiger partial charge in [0, 0.05) is 25.8 Å². The van der Waals surface area contributed by atoms with Crippen LogP contribution in [0.25, 0.3) is 16.2 Å². The van der Waals surface area contributed by atoms with Crippen LogP contribution in [-0.2, 0) is 4.74 Å². The zero-order valence-corrected chi connectivity index (χ0v) is 20.0. The summed E-state index contributed by atoms with van der Waals surface area (Å²) in [6.45, 7) is 12.5. The van der Waals surface area contributed by atoms with Crippen molar-refractivity contribution in [1.82, 2.24) is 19.6 Å². The van der Waals surface area contributed by atoms with Crippen LogP contribution >= 0.6 is 11.3 Å². The molecule has 3 heterocycles. The summed E-state index contributed by atoms with van der Waals surface area (Å²) in [4.78, 5) is 10.9. The Kier molecular flexibility index (Phi) is 7.83. The minimum Gasteiger partial charge on any atom is -0.385 e. The molecular weight excluding hydrogens is 394 g/mol. The predicted molar refractivity (Wildman–Crippen MR) is 126 cm³/mol. The van der Waals surface area contributed by atoms with Gasteiger partial charge < -0.3 is 10.1 Å². The Morgan fingerprint density at radius 1 is 1.07 bits per heavy atom. The van der Waals surface area contributed by atoms with Gasteiger partial charge in [-0.3, -0.25) is 0 Å². The minimum atomic E-state index is 0.502. The number of ether oxygens (including phenoxy) is 1. The highest BCUT2D eigenvalue weighted by Gasteiger charge is 2.22. The summed E-state index contributed by atoms with van der Waals surface area (Å²) in [5.74, 6) is 0.502. The van der Waals surface area contributed by atoms with Gasteiger partial charge in [0.1, 0.15) is 5.69 Å². The third-order valence-electron chi connectivity index (χ3n) is 5.65. The summed E-state index contributed by atoms with van der Waals surface area (Å²) in [5, 5.41) is 9.30. The maximum atomic E-state index is 5.11. The quantitative estimate of drug-likeness (QED) is 0.384. The highest BCUT2D eigenvalue weighted by Crippen LogP contribution is 2.37. The van der Waals surface area contributed by atoms with Crippen LogP contribution in [0.1, 0.15) is 74.5 Å². The molecule has 6 nitrogen and oxygen atoms in total. The largest absolute Gasteiger partial charge is 0.385 e. The Morgan fingerprint density at radius 3 is 2.53 bits per heavy atom. The average molecular weight is 430 g/mol. The lowest BCUT2D eigenvalue weighted by Gasteiger charge is -2.14. The Morgan fingerprint density at radius 2 is 1.83 bits per heavy atom. The zero-order chi connectivity index (χ0) is 21.7. The van der Waals surface area contributed by atoms with E-state index in [1.54, 1.807) is 18.4 Å². The molecule has 0 saturated heterocycles. The van der Waals surface area contributed by atoms with Gasteiger partial charge in [0.25, 0.3) is 0 Å². The second-order valence-corrected chi connectivity index (χ2v) is 8.95. The van der Waals surface area contributed by atoms with Gasteiger partial charge in [-0.25, -0.2) is 14.5 Å². The van der Waals surface area contributed by atoms with Gasteiger partial charge in [0.05, 0.1) is 22.0 Å². The van der Waals surface area contributed by atoms with E-state index in [1.165, 1.54) is 5.56 Å². The lowest BCUT2D eigenvalue weighted by atomic mass is 9.95. The Bertz CT molecular complexity index is 974. The first-order valence-electron chi connectivity index (χ1n) is 11.1. The number of hydrogen-bond acceptors (Lipinski definition) is 6. The molecule has 1 N–H and O–H groups in total. The zero-order valence-electron chi connectivity index (χ0n) is 19.2. The van der Waals surface area contributed by atoms with E-state index in [0.717, 1.165) is 83.7 Å². The number of fused-ring (bicyclic) bond motifs is 1. The van der Waals surface area contributed by atoms with Crippen LogP contribution in [0.4, 0.5) is 5.13 Å². The lowest BCUT2D eigenvalue weighted by Crippen LogP contribution is -2.05. The van der Waals surface area contributed by atoms with E-state index in [9.17, 15) is 0 Å². The Balaban J connectivity index is 1.90. The van der Waals surface area contributed by atoms with Gasteiger partial charge in [0.15, 0.2) is 10.8 Å². The second kappa shape index (κ2) is 10.4. The van der Waals surface area contributed by atoms with Gasteiger partial charge in [0.2, 0.25) is 0 Å². The fourth-order valence-electron chi connectivity index (χ4n) is 4.00. The SMILES string of the molecule is CCC(CC)c1cc(C)nn2c(-c3sc(NCCCCCOC)nc3C)c(C)nc12. The summed E-state index contributed by atoms with van der Waals surface area (Å²) in [5.41, 5.74) is 6.43. The molecule has 164 valence electrons. The smallest absolute Gasteiger partial charge is 0.183 e. The summed E-state index contributed by atoms with van der Waals surface area (Å²) < 4.78 is 7.16. The fraction of sp³-hybridized carbons (Fsp3) is 0.609. The summed E-state index contributed by atoms with van der Waals surface area (Å²) in [6.07, 6.45) is 5.59. The van der Waals surface area contributed by atoms with Crippen LogP contribution in [0, 0.1) is 20.8 Å². The molecule has 0 fully saturated rings. The van der Waals surface area contributed by atoms with Crippen molar-refractivity contribution in [3.8, 4) is 10.6 Å². The van der Waals surface area contributed by atoms with Crippen LogP contribution in [0.3, 0.4) is 0 Å². The molecule has 0 aliphatic rings. The lowest BCUT2D eigenvalue weighted by molar-refractivity contribution is 0.192. The number of hydrogen-bond donors (Lipinski definition) is 1. The van der Waals surface area contributed by atoms with Gasteiger partial charge in [-0.15, -0.1) is 0 Å². The third-order valence-corrected chi connectivity index (χ3v) is 6.77. The Labute approximate surface area is 184 Å². The maximum absolute atomic E-state index is 5.11. The van der Waals surface area contributed by atoms with Crippen LogP contribution < -0.4 is 5.32 Å². The van der Waals surface area contributed by atoms with E-state index in [4.69, 9.17) is 19.8 Å². The van der Waals surface area contributed by atoms with E-state index in [0.29, 0.717) is 5.92 Å². The van der Waals surface area contributed by atoms with Crippen molar-refractivity contribution in [2.45, 2.75) is 72.6 Å². The number of nitrogens with zero attached hydrogens (tertiary/aromatic N) is 4. The number of unbranched alkanes of at least 4 members (excludes halogenated alkanes) is 2. The molecule has 0 saturated carbocycles. The molecule has 0 bridgehead atoms. The molecule has 0 spiro atoms. The molecule has 3 aromatic heterocycles. The number of nitrogens with one attached hydrogen (secondary N) is 1. The number of methoxy groups -OCH3 is 1. The van der Waals surface area contributed by atoms with Crippen molar-refractivity contribution in [3.63, 3.8) is 0 Å². The standard InChI is InChI=1S/C23H35N5OS/c1-7-18(8-2)19-14-15(3)27-28-20(16(4)25-22(19)28)21-17(5)26-23(30-21)24-12-10-9-11-13-29-6/h14,18H,7-13H2,1-6H3,(H,24,26). The van der Waals surface area contributed by atoms with Crippen LogP contribution in [-0.4, -0.2) is 39.8 Å². The molecule has 30 heavy (non-hydrogen) atoms. The number of aromatic nitrogens is 4. The Hall–Kier alpha value is -1.99. The van der Waals surface area contributed by atoms with Crippen molar-refractivity contribution < 1.29 is 4.74 Å². The van der Waals surface area contributed by atoms with Crippen molar-refractivity contribution >= 4 is 22.1 Å². The van der Waals surface area contributed by atoms with Gasteiger partial charge >= 0.3 is 0 Å². The van der Waals surface area contributed by atoms with E-state index in [-0.39, 0.29) is 0 Å². The van der Waals surface area contributed by atoms with Crippen LogP contribution in [0.2, 0.25) is 0 Å². The van der Waals surface area contributed by atoms with E-state index in [1.807, 2.05) is 4.52 Å². The molecule has 0 unspecified atom stereocenters. The topological polar surface area (TPSA) is 64.3 Å². The molecule has 0 amide bonds. The van der Waals surface area contributed by atoms with E-state index >= 15 is 0 Å². The second-order valence-electron chi connectivity index (χ2n) is 7.95. The van der Waals surface area contributed by atoms with Crippen molar-refractivity contribution in [1.29, 1.82) is 0 Å². The monoisotopic (exact) mass is 429 g/mol. The first kappa shape index (κ1) is 22.7.